The predicted molar refractivity (Wildman–Crippen MR) is 76.0 cm³/mol. The number of rotatable bonds is 4. The Labute approximate surface area is 115 Å². The van der Waals surface area contributed by atoms with Gasteiger partial charge in [0.2, 0.25) is 0 Å². The van der Waals surface area contributed by atoms with E-state index < -0.39 is 0 Å². The monoisotopic (exact) mass is 269 g/mol. The first-order chi connectivity index (χ1) is 8.60. The van der Waals surface area contributed by atoms with Crippen molar-refractivity contribution in [2.45, 2.75) is 52.1 Å². The number of hydrogen-bond donors (Lipinski definition) is 0. The lowest BCUT2D eigenvalue weighted by Gasteiger charge is -2.33. The molecule has 4 heteroatoms. The van der Waals surface area contributed by atoms with E-state index in [0.29, 0.717) is 11.3 Å². The Morgan fingerprint density at radius 3 is 2.67 bits per heavy atom. The summed E-state index contributed by atoms with van der Waals surface area (Å²) in [5, 5.41) is 4.82. The fourth-order valence-corrected chi connectivity index (χ4v) is 3.05. The SMILES string of the molecule is CCn1nc(C)cc1CN1CCC(C(C)Cl)CC1. The van der Waals surface area contributed by atoms with Crippen molar-refractivity contribution in [3.8, 4) is 0 Å². The van der Waals surface area contributed by atoms with Crippen LogP contribution in [0.5, 0.6) is 0 Å². The second-order valence-corrected chi connectivity index (χ2v) is 6.07. The van der Waals surface area contributed by atoms with Crippen LogP contribution in [0, 0.1) is 12.8 Å². The van der Waals surface area contributed by atoms with Gasteiger partial charge >= 0.3 is 0 Å². The molecule has 102 valence electrons. The highest BCUT2D eigenvalue weighted by Crippen LogP contribution is 2.24. The van der Waals surface area contributed by atoms with Crippen LogP contribution >= 0.6 is 11.6 Å². The van der Waals surface area contributed by atoms with E-state index in [1.54, 1.807) is 0 Å². The first kappa shape index (κ1) is 13.9. The number of piperidine rings is 1. The molecule has 2 heterocycles. The molecule has 1 aromatic heterocycles. The number of aromatic nitrogens is 2. The summed E-state index contributed by atoms with van der Waals surface area (Å²) in [6, 6.07) is 2.21. The van der Waals surface area contributed by atoms with Gasteiger partial charge in [-0.3, -0.25) is 9.58 Å². The van der Waals surface area contributed by atoms with Gasteiger partial charge in [0.1, 0.15) is 0 Å². The zero-order chi connectivity index (χ0) is 13.1. The molecule has 18 heavy (non-hydrogen) atoms. The van der Waals surface area contributed by atoms with Gasteiger partial charge in [0.05, 0.1) is 11.4 Å². The molecule has 3 nitrogen and oxygen atoms in total. The Balaban J connectivity index is 1.91. The van der Waals surface area contributed by atoms with Gasteiger partial charge in [-0.2, -0.15) is 5.10 Å². The quantitative estimate of drug-likeness (QED) is 0.784. The lowest BCUT2D eigenvalue weighted by molar-refractivity contribution is 0.172. The van der Waals surface area contributed by atoms with Gasteiger partial charge in [0.25, 0.3) is 0 Å². The van der Waals surface area contributed by atoms with E-state index >= 15 is 0 Å². The minimum absolute atomic E-state index is 0.315. The van der Waals surface area contributed by atoms with Gasteiger partial charge in [-0.25, -0.2) is 0 Å². The standard InChI is InChI=1S/C14H24ClN3/c1-4-18-14(9-11(2)16-18)10-17-7-5-13(6-8-17)12(3)15/h9,12-13H,4-8,10H2,1-3H3. The molecule has 1 atom stereocenters. The normalized spacial score (nSPS) is 20.2. The number of likely N-dealkylation sites (tertiary alicyclic amines) is 1. The summed E-state index contributed by atoms with van der Waals surface area (Å²) >= 11 is 6.18. The highest BCUT2D eigenvalue weighted by Gasteiger charge is 2.23. The van der Waals surface area contributed by atoms with Crippen molar-refractivity contribution in [2.75, 3.05) is 13.1 Å². The van der Waals surface area contributed by atoms with Crippen molar-refractivity contribution in [2.24, 2.45) is 5.92 Å². The van der Waals surface area contributed by atoms with Crippen LogP contribution in [0.15, 0.2) is 6.07 Å². The van der Waals surface area contributed by atoms with Crippen LogP contribution < -0.4 is 0 Å². The summed E-state index contributed by atoms with van der Waals surface area (Å²) in [6.07, 6.45) is 2.45. The summed E-state index contributed by atoms with van der Waals surface area (Å²) in [6.45, 7) is 10.6. The Morgan fingerprint density at radius 2 is 2.11 bits per heavy atom. The van der Waals surface area contributed by atoms with Gasteiger partial charge in [-0.05, 0) is 58.7 Å². The van der Waals surface area contributed by atoms with E-state index in [1.807, 2.05) is 0 Å². The molecule has 1 saturated heterocycles. The van der Waals surface area contributed by atoms with Gasteiger partial charge in [0, 0.05) is 18.5 Å². The largest absolute Gasteiger partial charge is 0.298 e. The van der Waals surface area contributed by atoms with Crippen LogP contribution in [0.3, 0.4) is 0 Å². The zero-order valence-corrected chi connectivity index (χ0v) is 12.5. The fourth-order valence-electron chi connectivity index (χ4n) is 2.80. The third-order valence-corrected chi connectivity index (χ3v) is 4.31. The molecule has 1 unspecified atom stereocenters. The molecule has 0 saturated carbocycles. The second-order valence-electron chi connectivity index (χ2n) is 5.38. The van der Waals surface area contributed by atoms with E-state index in [4.69, 9.17) is 11.6 Å². The topological polar surface area (TPSA) is 21.1 Å². The molecule has 0 aliphatic carbocycles. The van der Waals surface area contributed by atoms with Crippen LogP contribution in [-0.4, -0.2) is 33.1 Å². The van der Waals surface area contributed by atoms with Crippen LogP contribution in [0.1, 0.15) is 38.1 Å². The van der Waals surface area contributed by atoms with Crippen molar-refractivity contribution < 1.29 is 0 Å². The van der Waals surface area contributed by atoms with Crippen LogP contribution in [0.2, 0.25) is 0 Å². The number of hydrogen-bond acceptors (Lipinski definition) is 2. The fraction of sp³-hybridized carbons (Fsp3) is 0.786. The summed E-state index contributed by atoms with van der Waals surface area (Å²) in [5.74, 6) is 0.695. The molecule has 0 amide bonds. The molecular formula is C14H24ClN3. The summed E-state index contributed by atoms with van der Waals surface area (Å²) in [4.78, 5) is 2.53. The average Bonchev–Trinajstić information content (AvgIpc) is 2.70. The highest BCUT2D eigenvalue weighted by atomic mass is 35.5. The molecule has 0 spiro atoms. The van der Waals surface area contributed by atoms with Gasteiger partial charge in [-0.1, -0.05) is 0 Å². The van der Waals surface area contributed by atoms with E-state index in [2.05, 4.69) is 41.5 Å². The molecule has 1 aromatic rings. The van der Waals surface area contributed by atoms with Crippen molar-refractivity contribution >= 4 is 11.6 Å². The van der Waals surface area contributed by atoms with Gasteiger partial charge in [0.15, 0.2) is 0 Å². The Morgan fingerprint density at radius 1 is 1.44 bits per heavy atom. The van der Waals surface area contributed by atoms with Crippen LogP contribution in [0.4, 0.5) is 0 Å². The summed E-state index contributed by atoms with van der Waals surface area (Å²) in [7, 11) is 0. The minimum Gasteiger partial charge on any atom is -0.298 e. The van der Waals surface area contributed by atoms with Crippen LogP contribution in [-0.2, 0) is 13.1 Å². The molecule has 2 rings (SSSR count). The summed E-state index contributed by atoms with van der Waals surface area (Å²) in [5.41, 5.74) is 2.46. The third kappa shape index (κ3) is 3.27. The number of nitrogens with zero attached hydrogens (tertiary/aromatic N) is 3. The van der Waals surface area contributed by atoms with Crippen molar-refractivity contribution in [1.82, 2.24) is 14.7 Å². The maximum Gasteiger partial charge on any atom is 0.0597 e. The van der Waals surface area contributed by atoms with Gasteiger partial charge < -0.3 is 0 Å². The van der Waals surface area contributed by atoms with E-state index in [0.717, 1.165) is 31.9 Å². The number of alkyl halides is 1. The molecule has 1 fully saturated rings. The maximum absolute atomic E-state index is 6.18. The Hall–Kier alpha value is -0.540. The molecule has 0 aromatic carbocycles. The van der Waals surface area contributed by atoms with E-state index in [9.17, 15) is 0 Å². The average molecular weight is 270 g/mol. The lowest BCUT2D eigenvalue weighted by atomic mass is 9.94. The molecule has 0 bridgehead atoms. The van der Waals surface area contributed by atoms with E-state index in [-0.39, 0.29) is 0 Å². The highest BCUT2D eigenvalue weighted by molar-refractivity contribution is 6.20. The molecule has 1 aliphatic rings. The Kier molecular flexibility index (Phi) is 4.68. The van der Waals surface area contributed by atoms with Crippen molar-refractivity contribution in [3.63, 3.8) is 0 Å². The second kappa shape index (κ2) is 6.07. The van der Waals surface area contributed by atoms with Crippen molar-refractivity contribution in [3.05, 3.63) is 17.5 Å². The number of aryl methyl sites for hydroxylation is 2. The van der Waals surface area contributed by atoms with E-state index in [1.165, 1.54) is 18.5 Å². The molecule has 0 radical (unpaired) electrons. The third-order valence-electron chi connectivity index (χ3n) is 3.95. The van der Waals surface area contributed by atoms with Crippen LogP contribution in [0.25, 0.3) is 0 Å². The van der Waals surface area contributed by atoms with Gasteiger partial charge in [-0.15, -0.1) is 11.6 Å². The molecule has 0 N–H and O–H groups in total. The first-order valence-corrected chi connectivity index (χ1v) is 7.43. The lowest BCUT2D eigenvalue weighted by Crippen LogP contribution is -2.36. The molecule has 1 aliphatic heterocycles. The minimum atomic E-state index is 0.315. The smallest absolute Gasteiger partial charge is 0.0597 e. The Bertz CT molecular complexity index is 378. The predicted octanol–water partition coefficient (Wildman–Crippen LogP) is 3.05. The molecular weight excluding hydrogens is 246 g/mol. The number of halogens is 1. The first-order valence-electron chi connectivity index (χ1n) is 7.00. The maximum atomic E-state index is 6.18. The summed E-state index contributed by atoms with van der Waals surface area (Å²) < 4.78 is 2.12. The zero-order valence-electron chi connectivity index (χ0n) is 11.7. The van der Waals surface area contributed by atoms with Crippen molar-refractivity contribution in [1.29, 1.82) is 0 Å².